The molecule has 2 N–H and O–H groups in total. The van der Waals surface area contributed by atoms with E-state index in [4.69, 9.17) is 19.0 Å². The second-order valence-electron chi connectivity index (χ2n) is 7.29. The van der Waals surface area contributed by atoms with Gasteiger partial charge in [-0.15, -0.1) is 0 Å². The summed E-state index contributed by atoms with van der Waals surface area (Å²) in [4.78, 5) is 23.3. The second-order valence-corrected chi connectivity index (χ2v) is 7.29. The molecule has 3 aromatic rings. The quantitative estimate of drug-likeness (QED) is 0.576. The topological polar surface area (TPSA) is 106 Å². The van der Waals surface area contributed by atoms with Gasteiger partial charge in [-0.05, 0) is 61.6 Å². The molecule has 1 aliphatic rings. The molecule has 1 unspecified atom stereocenters. The van der Waals surface area contributed by atoms with Crippen LogP contribution in [0.25, 0.3) is 11.0 Å². The van der Waals surface area contributed by atoms with Gasteiger partial charge >= 0.3 is 11.6 Å². The lowest BCUT2D eigenvalue weighted by molar-refractivity contribution is 0.0628. The van der Waals surface area contributed by atoms with Crippen molar-refractivity contribution in [2.45, 2.75) is 31.8 Å². The van der Waals surface area contributed by atoms with Crippen LogP contribution in [0.2, 0.25) is 0 Å². The zero-order valence-electron chi connectivity index (χ0n) is 16.3. The Balaban J connectivity index is 1.46. The SMILES string of the molecule is O=C(O)c1cccc(OCC(O)COc2cccc3oc(=O)c4c(c23)CCCC4)c1. The van der Waals surface area contributed by atoms with Crippen LogP contribution in [0, 0.1) is 0 Å². The predicted molar refractivity (Wildman–Crippen MR) is 110 cm³/mol. The Morgan fingerprint density at radius 3 is 2.57 bits per heavy atom. The van der Waals surface area contributed by atoms with Gasteiger partial charge < -0.3 is 24.1 Å². The normalized spacial score (nSPS) is 14.2. The Hall–Kier alpha value is -3.32. The van der Waals surface area contributed by atoms with Crippen molar-refractivity contribution in [3.8, 4) is 11.5 Å². The van der Waals surface area contributed by atoms with E-state index in [0.29, 0.717) is 29.1 Å². The zero-order valence-corrected chi connectivity index (χ0v) is 16.3. The summed E-state index contributed by atoms with van der Waals surface area (Å²) in [6.45, 7) is -0.0767. The van der Waals surface area contributed by atoms with E-state index in [9.17, 15) is 14.7 Å². The number of aliphatic hydroxyl groups is 1. The molecule has 1 aliphatic carbocycles. The molecular formula is C23H22O7. The van der Waals surface area contributed by atoms with Gasteiger partial charge in [0.2, 0.25) is 0 Å². The van der Waals surface area contributed by atoms with Gasteiger partial charge in [0, 0.05) is 5.56 Å². The van der Waals surface area contributed by atoms with E-state index in [1.54, 1.807) is 30.3 Å². The smallest absolute Gasteiger partial charge is 0.339 e. The minimum absolute atomic E-state index is 0.0222. The van der Waals surface area contributed by atoms with Gasteiger partial charge in [0.25, 0.3) is 0 Å². The summed E-state index contributed by atoms with van der Waals surface area (Å²) in [7, 11) is 0. The first-order valence-corrected chi connectivity index (χ1v) is 9.87. The Bertz CT molecular complexity index is 1130. The van der Waals surface area contributed by atoms with Gasteiger partial charge in [-0.2, -0.15) is 0 Å². The molecule has 4 rings (SSSR count). The van der Waals surface area contributed by atoms with Crippen LogP contribution in [-0.2, 0) is 12.8 Å². The fourth-order valence-electron chi connectivity index (χ4n) is 3.73. The van der Waals surface area contributed by atoms with Crippen molar-refractivity contribution >= 4 is 16.9 Å². The van der Waals surface area contributed by atoms with E-state index in [-0.39, 0.29) is 24.4 Å². The Labute approximate surface area is 172 Å². The standard InChI is InChI=1S/C23H22O7/c24-15(12-28-16-6-3-5-14(11-16)22(25)26)13-29-19-9-4-10-20-21(19)17-7-1-2-8-18(17)23(27)30-20/h3-6,9-11,15,24H,1-2,7-8,12-13H2,(H,25,26). The molecule has 0 bridgehead atoms. The molecule has 0 spiro atoms. The molecule has 0 fully saturated rings. The van der Waals surface area contributed by atoms with Gasteiger partial charge in [-0.25, -0.2) is 9.59 Å². The number of rotatable bonds is 7. The van der Waals surface area contributed by atoms with E-state index in [0.717, 1.165) is 30.2 Å². The van der Waals surface area contributed by atoms with E-state index in [2.05, 4.69) is 0 Å². The van der Waals surface area contributed by atoms with Crippen LogP contribution < -0.4 is 15.1 Å². The first-order chi connectivity index (χ1) is 14.5. The number of fused-ring (bicyclic) bond motifs is 3. The number of aryl methyl sites for hydroxylation is 1. The van der Waals surface area contributed by atoms with Crippen LogP contribution in [0.5, 0.6) is 11.5 Å². The summed E-state index contributed by atoms with van der Waals surface area (Å²) >= 11 is 0. The lowest BCUT2D eigenvalue weighted by atomic mass is 9.90. The number of aromatic carboxylic acids is 1. The highest BCUT2D eigenvalue weighted by atomic mass is 16.5. The van der Waals surface area contributed by atoms with E-state index in [1.807, 2.05) is 0 Å². The minimum Gasteiger partial charge on any atom is -0.491 e. The maximum Gasteiger partial charge on any atom is 0.339 e. The largest absolute Gasteiger partial charge is 0.491 e. The predicted octanol–water partition coefficient (Wildman–Crippen LogP) is 3.19. The van der Waals surface area contributed by atoms with E-state index < -0.39 is 12.1 Å². The monoisotopic (exact) mass is 410 g/mol. The van der Waals surface area contributed by atoms with E-state index in [1.165, 1.54) is 12.1 Å². The number of ether oxygens (including phenoxy) is 2. The third-order valence-electron chi connectivity index (χ3n) is 5.16. The lowest BCUT2D eigenvalue weighted by Crippen LogP contribution is -2.25. The Morgan fingerprint density at radius 1 is 1.03 bits per heavy atom. The summed E-state index contributed by atoms with van der Waals surface area (Å²) in [6.07, 6.45) is 2.54. The van der Waals surface area contributed by atoms with Crippen LogP contribution in [0.15, 0.2) is 51.7 Å². The number of carboxylic acid groups (broad SMARTS) is 1. The molecule has 30 heavy (non-hydrogen) atoms. The van der Waals surface area contributed by atoms with Crippen molar-refractivity contribution in [1.29, 1.82) is 0 Å². The van der Waals surface area contributed by atoms with Crippen LogP contribution in [0.1, 0.15) is 34.3 Å². The minimum atomic E-state index is -1.05. The number of carboxylic acids is 1. The summed E-state index contributed by atoms with van der Waals surface area (Å²) in [5.74, 6) is -0.133. The summed E-state index contributed by atoms with van der Waals surface area (Å²) in [5, 5.41) is 20.1. The molecular weight excluding hydrogens is 388 g/mol. The Morgan fingerprint density at radius 2 is 1.77 bits per heavy atom. The van der Waals surface area contributed by atoms with Crippen LogP contribution in [-0.4, -0.2) is 35.5 Å². The molecule has 156 valence electrons. The van der Waals surface area contributed by atoms with Crippen molar-refractivity contribution in [2.24, 2.45) is 0 Å². The number of carbonyl (C=O) groups is 1. The average Bonchev–Trinajstić information content (AvgIpc) is 2.76. The second kappa shape index (κ2) is 8.59. The van der Waals surface area contributed by atoms with Crippen LogP contribution in [0.4, 0.5) is 0 Å². The van der Waals surface area contributed by atoms with Gasteiger partial charge in [0.1, 0.15) is 36.4 Å². The highest BCUT2D eigenvalue weighted by molar-refractivity contribution is 5.88. The molecule has 7 nitrogen and oxygen atoms in total. The molecule has 0 amide bonds. The first kappa shape index (κ1) is 20.0. The third kappa shape index (κ3) is 4.16. The number of hydrogen-bond donors (Lipinski definition) is 2. The zero-order chi connectivity index (χ0) is 21.1. The van der Waals surface area contributed by atoms with Gasteiger partial charge in [0.15, 0.2) is 0 Å². The van der Waals surface area contributed by atoms with Crippen molar-refractivity contribution in [3.63, 3.8) is 0 Å². The highest BCUT2D eigenvalue weighted by Crippen LogP contribution is 2.33. The average molecular weight is 410 g/mol. The molecule has 2 aromatic carbocycles. The molecule has 7 heteroatoms. The number of benzene rings is 2. The van der Waals surface area contributed by atoms with Crippen molar-refractivity contribution in [1.82, 2.24) is 0 Å². The van der Waals surface area contributed by atoms with Crippen molar-refractivity contribution in [2.75, 3.05) is 13.2 Å². The maximum atomic E-state index is 12.2. The number of aliphatic hydroxyl groups excluding tert-OH is 1. The van der Waals surface area contributed by atoms with E-state index >= 15 is 0 Å². The van der Waals surface area contributed by atoms with Crippen molar-refractivity contribution in [3.05, 3.63) is 69.6 Å². The summed E-state index contributed by atoms with van der Waals surface area (Å²) in [5.41, 5.74) is 1.99. The van der Waals surface area contributed by atoms with Gasteiger partial charge in [0.05, 0.1) is 10.9 Å². The molecule has 0 saturated heterocycles. The molecule has 0 aliphatic heterocycles. The molecule has 1 heterocycles. The van der Waals surface area contributed by atoms with Crippen molar-refractivity contribution < 1.29 is 28.9 Å². The molecule has 0 saturated carbocycles. The number of hydrogen-bond acceptors (Lipinski definition) is 6. The summed E-state index contributed by atoms with van der Waals surface area (Å²) < 4.78 is 16.8. The van der Waals surface area contributed by atoms with Gasteiger partial charge in [-0.3, -0.25) is 0 Å². The lowest BCUT2D eigenvalue weighted by Gasteiger charge is -2.19. The van der Waals surface area contributed by atoms with Gasteiger partial charge in [-0.1, -0.05) is 12.1 Å². The maximum absolute atomic E-state index is 12.2. The highest BCUT2D eigenvalue weighted by Gasteiger charge is 2.21. The molecule has 1 aromatic heterocycles. The Kier molecular flexibility index (Phi) is 5.72. The van der Waals surface area contributed by atoms with Crippen LogP contribution in [0.3, 0.4) is 0 Å². The molecule has 1 atom stereocenters. The fraction of sp³-hybridized carbons (Fsp3) is 0.304. The fourth-order valence-corrected chi connectivity index (χ4v) is 3.73. The third-order valence-corrected chi connectivity index (χ3v) is 5.16. The first-order valence-electron chi connectivity index (χ1n) is 9.87. The summed E-state index contributed by atoms with van der Waals surface area (Å²) in [6, 6.07) is 11.3. The van der Waals surface area contributed by atoms with Crippen LogP contribution >= 0.6 is 0 Å². The molecule has 0 radical (unpaired) electrons.